The van der Waals surface area contributed by atoms with Gasteiger partial charge >= 0.3 is 0 Å². The zero-order valence-corrected chi connectivity index (χ0v) is 10.9. The van der Waals surface area contributed by atoms with Gasteiger partial charge in [0.2, 0.25) is 0 Å². The Hall–Kier alpha value is -2.40. The van der Waals surface area contributed by atoms with Gasteiger partial charge in [-0.3, -0.25) is 0 Å². The summed E-state index contributed by atoms with van der Waals surface area (Å²) >= 11 is 0. The molecule has 1 unspecified atom stereocenters. The zero-order chi connectivity index (χ0) is 14.7. The third kappa shape index (κ3) is 2.95. The summed E-state index contributed by atoms with van der Waals surface area (Å²) in [5.74, 6) is -0.244. The van der Waals surface area contributed by atoms with Gasteiger partial charge in [-0.15, -0.1) is 0 Å². The summed E-state index contributed by atoms with van der Waals surface area (Å²) in [5, 5.41) is 38.8. The molecular weight excluding hydrogens is 260 g/mol. The topological polar surface area (TPSA) is 90.2 Å². The molecule has 4 N–H and O–H groups in total. The van der Waals surface area contributed by atoms with Gasteiger partial charge in [0.1, 0.15) is 23.0 Å². The molecule has 0 aromatic heterocycles. The molecule has 0 heterocycles. The number of phenolic OH excluding ortho intramolecular Hbond substituents is 3. The summed E-state index contributed by atoms with van der Waals surface area (Å²) in [4.78, 5) is 0. The Morgan fingerprint density at radius 3 is 2.05 bits per heavy atom. The fraction of sp³-hybridized carbons (Fsp3) is 0.200. The number of methoxy groups -OCH3 is 1. The van der Waals surface area contributed by atoms with E-state index < -0.39 is 6.10 Å². The molecule has 0 aliphatic heterocycles. The summed E-state index contributed by atoms with van der Waals surface area (Å²) in [7, 11) is 1.57. The molecule has 5 nitrogen and oxygen atoms in total. The highest BCUT2D eigenvalue weighted by atomic mass is 16.5. The number of hydrogen-bond donors (Lipinski definition) is 4. The van der Waals surface area contributed by atoms with Gasteiger partial charge in [0.25, 0.3) is 0 Å². The normalized spacial score (nSPS) is 12.1. The highest BCUT2D eigenvalue weighted by Crippen LogP contribution is 2.37. The van der Waals surface area contributed by atoms with Gasteiger partial charge in [0.15, 0.2) is 0 Å². The smallest absolute Gasteiger partial charge is 0.128 e. The van der Waals surface area contributed by atoms with E-state index in [0.717, 1.165) is 17.7 Å². The number of aliphatic hydroxyl groups is 1. The monoisotopic (exact) mass is 276 g/mol. The first-order chi connectivity index (χ1) is 9.51. The van der Waals surface area contributed by atoms with Crippen molar-refractivity contribution in [2.75, 3.05) is 7.11 Å². The van der Waals surface area contributed by atoms with E-state index in [1.165, 1.54) is 0 Å². The van der Waals surface area contributed by atoms with Crippen LogP contribution in [0.1, 0.15) is 17.2 Å². The maximum absolute atomic E-state index is 10.1. The molecule has 2 aromatic carbocycles. The summed E-state index contributed by atoms with van der Waals surface area (Å²) < 4.78 is 5.04. The predicted octanol–water partition coefficient (Wildman–Crippen LogP) is 2.09. The molecule has 0 amide bonds. The van der Waals surface area contributed by atoms with Crippen molar-refractivity contribution >= 4 is 0 Å². The molecule has 2 aromatic rings. The van der Waals surface area contributed by atoms with E-state index in [0.29, 0.717) is 5.75 Å². The van der Waals surface area contributed by atoms with E-state index in [9.17, 15) is 20.4 Å². The maximum atomic E-state index is 10.1. The second-order valence-corrected chi connectivity index (χ2v) is 4.47. The number of benzene rings is 2. The number of rotatable bonds is 4. The largest absolute Gasteiger partial charge is 0.508 e. The van der Waals surface area contributed by atoms with Crippen LogP contribution in [0.3, 0.4) is 0 Å². The molecule has 0 bridgehead atoms. The Balaban J connectivity index is 2.21. The molecule has 0 aliphatic carbocycles. The predicted molar refractivity (Wildman–Crippen MR) is 73.1 cm³/mol. The van der Waals surface area contributed by atoms with Crippen LogP contribution in [0.15, 0.2) is 36.4 Å². The van der Waals surface area contributed by atoms with Crippen LogP contribution in [0.25, 0.3) is 0 Å². The van der Waals surface area contributed by atoms with Gasteiger partial charge in [-0.05, 0) is 17.7 Å². The fourth-order valence-electron chi connectivity index (χ4n) is 2.04. The molecule has 0 fully saturated rings. The van der Waals surface area contributed by atoms with Crippen molar-refractivity contribution in [3.05, 3.63) is 47.5 Å². The van der Waals surface area contributed by atoms with E-state index >= 15 is 0 Å². The van der Waals surface area contributed by atoms with Crippen LogP contribution in [0, 0.1) is 0 Å². The zero-order valence-electron chi connectivity index (χ0n) is 10.9. The third-order valence-corrected chi connectivity index (χ3v) is 3.04. The maximum Gasteiger partial charge on any atom is 0.128 e. The standard InChI is InChI=1S/C15H16O5/c1-20-11-4-2-9(3-5-11)6-12(17)15-13(18)7-10(16)8-14(15)19/h2-5,7-8,12,16-19H,6H2,1H3. The van der Waals surface area contributed by atoms with Crippen LogP contribution in [-0.2, 0) is 6.42 Å². The number of ether oxygens (including phenoxy) is 1. The van der Waals surface area contributed by atoms with E-state index in [4.69, 9.17) is 4.74 Å². The van der Waals surface area contributed by atoms with Crippen LogP contribution in [0.5, 0.6) is 23.0 Å². The molecule has 0 radical (unpaired) electrons. The van der Waals surface area contributed by atoms with Crippen LogP contribution in [-0.4, -0.2) is 27.5 Å². The minimum Gasteiger partial charge on any atom is -0.508 e. The molecular formula is C15H16O5. The molecule has 0 saturated carbocycles. The van der Waals surface area contributed by atoms with Crippen LogP contribution in [0.2, 0.25) is 0 Å². The Kier molecular flexibility index (Phi) is 4.00. The SMILES string of the molecule is COc1ccc(CC(O)c2c(O)cc(O)cc2O)cc1. The Morgan fingerprint density at radius 1 is 1.00 bits per heavy atom. The van der Waals surface area contributed by atoms with Gasteiger partial charge in [-0.2, -0.15) is 0 Å². The lowest BCUT2D eigenvalue weighted by molar-refractivity contribution is 0.170. The van der Waals surface area contributed by atoms with E-state index in [-0.39, 0.29) is 29.2 Å². The van der Waals surface area contributed by atoms with Crippen molar-refractivity contribution in [3.63, 3.8) is 0 Å². The number of aromatic hydroxyl groups is 3. The van der Waals surface area contributed by atoms with Crippen molar-refractivity contribution in [2.45, 2.75) is 12.5 Å². The first-order valence-electron chi connectivity index (χ1n) is 6.07. The molecule has 0 spiro atoms. The van der Waals surface area contributed by atoms with E-state index in [1.54, 1.807) is 31.4 Å². The van der Waals surface area contributed by atoms with Gasteiger partial charge in [0, 0.05) is 18.6 Å². The summed E-state index contributed by atoms with van der Waals surface area (Å²) in [5.41, 5.74) is 0.823. The van der Waals surface area contributed by atoms with Crippen molar-refractivity contribution in [1.82, 2.24) is 0 Å². The second-order valence-electron chi connectivity index (χ2n) is 4.47. The molecule has 0 aliphatic rings. The average molecular weight is 276 g/mol. The Morgan fingerprint density at radius 2 is 1.55 bits per heavy atom. The molecule has 1 atom stereocenters. The summed E-state index contributed by atoms with van der Waals surface area (Å²) in [6.45, 7) is 0. The lowest BCUT2D eigenvalue weighted by atomic mass is 9.99. The van der Waals surface area contributed by atoms with E-state index in [1.807, 2.05) is 0 Å². The van der Waals surface area contributed by atoms with Crippen molar-refractivity contribution in [2.24, 2.45) is 0 Å². The van der Waals surface area contributed by atoms with Crippen molar-refractivity contribution in [3.8, 4) is 23.0 Å². The van der Waals surface area contributed by atoms with Crippen LogP contribution >= 0.6 is 0 Å². The highest BCUT2D eigenvalue weighted by molar-refractivity contribution is 5.50. The quantitative estimate of drug-likeness (QED) is 0.686. The highest BCUT2D eigenvalue weighted by Gasteiger charge is 2.18. The number of phenols is 3. The lowest BCUT2D eigenvalue weighted by Gasteiger charge is -2.15. The average Bonchev–Trinajstić information content (AvgIpc) is 2.38. The van der Waals surface area contributed by atoms with Crippen molar-refractivity contribution in [1.29, 1.82) is 0 Å². The molecule has 106 valence electrons. The molecule has 0 saturated heterocycles. The van der Waals surface area contributed by atoms with Gasteiger partial charge in [-0.1, -0.05) is 12.1 Å². The first-order valence-corrected chi connectivity index (χ1v) is 6.07. The van der Waals surface area contributed by atoms with E-state index in [2.05, 4.69) is 0 Å². The van der Waals surface area contributed by atoms with Gasteiger partial charge < -0.3 is 25.2 Å². The Bertz CT molecular complexity index is 569. The number of hydrogen-bond acceptors (Lipinski definition) is 5. The van der Waals surface area contributed by atoms with Crippen molar-refractivity contribution < 1.29 is 25.2 Å². The minimum absolute atomic E-state index is 0.00128. The first kappa shape index (κ1) is 14.0. The minimum atomic E-state index is -1.08. The molecule has 2 rings (SSSR count). The number of aliphatic hydroxyl groups excluding tert-OH is 1. The third-order valence-electron chi connectivity index (χ3n) is 3.04. The van der Waals surface area contributed by atoms with Gasteiger partial charge in [0.05, 0.1) is 18.8 Å². The van der Waals surface area contributed by atoms with Crippen LogP contribution in [0.4, 0.5) is 0 Å². The second kappa shape index (κ2) is 5.71. The summed E-state index contributed by atoms with van der Waals surface area (Å²) in [6.07, 6.45) is -0.861. The summed E-state index contributed by atoms with van der Waals surface area (Å²) in [6, 6.07) is 9.25. The van der Waals surface area contributed by atoms with Crippen LogP contribution < -0.4 is 4.74 Å². The Labute approximate surface area is 116 Å². The molecule has 20 heavy (non-hydrogen) atoms. The lowest BCUT2D eigenvalue weighted by Crippen LogP contribution is -2.02. The fourth-order valence-corrected chi connectivity index (χ4v) is 2.04. The molecule has 5 heteroatoms. The van der Waals surface area contributed by atoms with Gasteiger partial charge in [-0.25, -0.2) is 0 Å².